The summed E-state index contributed by atoms with van der Waals surface area (Å²) in [5.41, 5.74) is 0.305. The van der Waals surface area contributed by atoms with Crippen LogP contribution in [-0.2, 0) is 0 Å². The van der Waals surface area contributed by atoms with Crippen LogP contribution in [0.4, 0.5) is 4.39 Å². The molecule has 0 atom stereocenters. The largest absolute Gasteiger partial charge is 0.288 e. The van der Waals surface area contributed by atoms with Crippen LogP contribution in [0.3, 0.4) is 0 Å². The fourth-order valence-electron chi connectivity index (χ4n) is 2.49. The van der Waals surface area contributed by atoms with E-state index in [9.17, 15) is 19.7 Å². The molecule has 1 heterocycles. The van der Waals surface area contributed by atoms with Crippen molar-refractivity contribution >= 4 is 17.3 Å². The Labute approximate surface area is 140 Å². The quantitative estimate of drug-likeness (QED) is 0.666. The van der Waals surface area contributed by atoms with Crippen LogP contribution >= 0.6 is 11.6 Å². The topological polar surface area (TPSA) is 79.0 Å². The molecule has 2 aromatic carbocycles. The highest BCUT2D eigenvalue weighted by Crippen LogP contribution is 2.20. The summed E-state index contributed by atoms with van der Waals surface area (Å²) < 4.78 is 14.2. The third-order valence-electron chi connectivity index (χ3n) is 3.43. The number of hydrogen-bond donors (Lipinski definition) is 1. The summed E-state index contributed by atoms with van der Waals surface area (Å²) >= 11 is 6.02. The van der Waals surface area contributed by atoms with E-state index in [1.54, 1.807) is 18.2 Å². The minimum Gasteiger partial charge on any atom is -0.288 e. The van der Waals surface area contributed by atoms with Crippen molar-refractivity contribution in [3.05, 3.63) is 91.5 Å². The van der Waals surface area contributed by atoms with Gasteiger partial charge in [0.25, 0.3) is 6.20 Å². The molecule has 0 bridgehead atoms. The van der Waals surface area contributed by atoms with E-state index in [-0.39, 0.29) is 23.5 Å². The van der Waals surface area contributed by atoms with E-state index in [2.05, 4.69) is 4.99 Å². The summed E-state index contributed by atoms with van der Waals surface area (Å²) in [5.74, 6) is -0.542. The van der Waals surface area contributed by atoms with Gasteiger partial charge in [0, 0.05) is 15.8 Å². The van der Waals surface area contributed by atoms with Crippen molar-refractivity contribution in [3.8, 4) is 0 Å². The minimum atomic E-state index is -0.656. The van der Waals surface area contributed by atoms with Gasteiger partial charge in [0.05, 0.1) is 22.5 Å². The summed E-state index contributed by atoms with van der Waals surface area (Å²) in [4.78, 5) is 14.3. The van der Waals surface area contributed by atoms with Crippen LogP contribution in [0.5, 0.6) is 0 Å². The third-order valence-corrected chi connectivity index (χ3v) is 3.67. The zero-order chi connectivity index (χ0) is 17.3. The van der Waals surface area contributed by atoms with E-state index >= 15 is 0 Å². The average molecular weight is 348 g/mol. The molecule has 0 saturated heterocycles. The molecular formula is C16H11ClFN3O3. The number of nitro groups is 1. The van der Waals surface area contributed by atoms with E-state index in [0.717, 1.165) is 5.06 Å². The highest BCUT2D eigenvalue weighted by molar-refractivity contribution is 6.30. The molecule has 2 aromatic rings. The molecule has 0 fully saturated rings. The smallest absolute Gasteiger partial charge is 0.257 e. The molecule has 0 aromatic heterocycles. The van der Waals surface area contributed by atoms with E-state index in [4.69, 9.17) is 11.6 Å². The molecule has 1 aliphatic rings. The third kappa shape index (κ3) is 3.12. The van der Waals surface area contributed by atoms with E-state index in [1.807, 2.05) is 0 Å². The second-order valence-corrected chi connectivity index (χ2v) is 5.50. The fourth-order valence-corrected chi connectivity index (χ4v) is 2.66. The Bertz CT molecular complexity index is 975. The number of fused-ring (bicyclic) bond motifs is 1. The molecule has 0 saturated carbocycles. The van der Waals surface area contributed by atoms with Gasteiger partial charge in [-0.25, -0.2) is 14.4 Å². The molecule has 6 nitrogen and oxygen atoms in total. The van der Waals surface area contributed by atoms with Crippen LogP contribution in [0.15, 0.2) is 59.4 Å². The van der Waals surface area contributed by atoms with Crippen molar-refractivity contribution < 1.29 is 14.5 Å². The minimum absolute atomic E-state index is 0.0254. The molecule has 3 rings (SSSR count). The Hall–Kier alpha value is -2.77. The number of hydrogen-bond acceptors (Lipinski definition) is 5. The number of nitrogens with zero attached hydrogens (tertiary/aromatic N) is 3. The van der Waals surface area contributed by atoms with Crippen LogP contribution in [0.1, 0.15) is 5.56 Å². The molecule has 0 spiro atoms. The predicted molar refractivity (Wildman–Crippen MR) is 84.7 cm³/mol. The number of benzene rings is 2. The highest BCUT2D eigenvalue weighted by atomic mass is 35.5. The van der Waals surface area contributed by atoms with Gasteiger partial charge in [-0.3, -0.25) is 15.3 Å². The maximum atomic E-state index is 14.2. The number of rotatable bonds is 2. The Morgan fingerprint density at radius 2 is 2.08 bits per heavy atom. The number of hydroxylamine groups is 2. The van der Waals surface area contributed by atoms with Gasteiger partial charge in [-0.05, 0) is 30.3 Å². The van der Waals surface area contributed by atoms with Gasteiger partial charge in [-0.15, -0.1) is 0 Å². The Kier molecular flexibility index (Phi) is 4.28. The Balaban J connectivity index is 2.40. The lowest BCUT2D eigenvalue weighted by Crippen LogP contribution is -2.32. The van der Waals surface area contributed by atoms with Crippen molar-refractivity contribution in [2.45, 2.75) is 0 Å². The molecule has 0 radical (unpaired) electrons. The lowest BCUT2D eigenvalue weighted by molar-refractivity contribution is -0.403. The van der Waals surface area contributed by atoms with Crippen molar-refractivity contribution in [1.82, 2.24) is 5.06 Å². The second-order valence-electron chi connectivity index (χ2n) is 5.07. The fraction of sp³-hybridized carbons (Fsp3) is 0.0625. The molecule has 1 N–H and O–H groups in total. The summed E-state index contributed by atoms with van der Waals surface area (Å²) in [7, 11) is 0. The molecular weight excluding hydrogens is 337 g/mol. The van der Waals surface area contributed by atoms with Crippen LogP contribution in [-0.4, -0.2) is 21.7 Å². The molecule has 1 aliphatic heterocycles. The van der Waals surface area contributed by atoms with Crippen LogP contribution in [0, 0.1) is 15.9 Å². The van der Waals surface area contributed by atoms with E-state index < -0.39 is 10.7 Å². The van der Waals surface area contributed by atoms with Gasteiger partial charge >= 0.3 is 0 Å². The first-order valence-corrected chi connectivity index (χ1v) is 7.27. The molecule has 0 aliphatic carbocycles. The molecule has 0 unspecified atom stereocenters. The summed E-state index contributed by atoms with van der Waals surface area (Å²) in [5, 5.41) is 23.0. The van der Waals surface area contributed by atoms with Crippen molar-refractivity contribution in [1.29, 1.82) is 0 Å². The Morgan fingerprint density at radius 1 is 1.33 bits per heavy atom. The first-order valence-electron chi connectivity index (χ1n) is 6.90. The molecule has 8 heteroatoms. The van der Waals surface area contributed by atoms with Gasteiger partial charge in [0.2, 0.25) is 0 Å². The first-order chi connectivity index (χ1) is 11.5. The van der Waals surface area contributed by atoms with Gasteiger partial charge < -0.3 is 0 Å². The normalized spacial score (nSPS) is 15.7. The van der Waals surface area contributed by atoms with Crippen molar-refractivity contribution in [2.24, 2.45) is 4.99 Å². The van der Waals surface area contributed by atoms with Crippen molar-refractivity contribution in [2.75, 3.05) is 6.54 Å². The second kappa shape index (κ2) is 6.38. The molecule has 122 valence electrons. The molecule has 24 heavy (non-hydrogen) atoms. The van der Waals surface area contributed by atoms with Gasteiger partial charge in [0.1, 0.15) is 11.5 Å². The Morgan fingerprint density at radius 3 is 2.79 bits per heavy atom. The zero-order valence-corrected chi connectivity index (χ0v) is 12.9. The first kappa shape index (κ1) is 16.1. The van der Waals surface area contributed by atoms with Crippen LogP contribution in [0.2, 0.25) is 5.02 Å². The maximum Gasteiger partial charge on any atom is 0.257 e. The average Bonchev–Trinajstić information content (AvgIpc) is 2.63. The van der Waals surface area contributed by atoms with Gasteiger partial charge in [-0.2, -0.15) is 0 Å². The zero-order valence-electron chi connectivity index (χ0n) is 12.2. The van der Waals surface area contributed by atoms with Crippen LogP contribution in [0.25, 0.3) is 5.70 Å². The van der Waals surface area contributed by atoms with E-state index in [1.165, 1.54) is 24.3 Å². The van der Waals surface area contributed by atoms with Gasteiger partial charge in [0.15, 0.2) is 0 Å². The van der Waals surface area contributed by atoms with Gasteiger partial charge in [-0.1, -0.05) is 23.7 Å². The van der Waals surface area contributed by atoms with Crippen molar-refractivity contribution in [3.63, 3.8) is 0 Å². The standard InChI is InChI=1S/C16H11ClFN3O3/c17-10-5-6-15-13(7-10)16(12-3-1-2-4-14(12)18)20(22)8-11(19-15)9-21(23)24/h1-7,9,22H,8H2/b11-9+. The maximum absolute atomic E-state index is 14.2. The predicted octanol–water partition coefficient (Wildman–Crippen LogP) is 2.08. The highest BCUT2D eigenvalue weighted by Gasteiger charge is 2.20. The summed E-state index contributed by atoms with van der Waals surface area (Å²) in [6, 6.07) is 10.6. The van der Waals surface area contributed by atoms with Crippen LogP contribution < -0.4 is 10.6 Å². The van der Waals surface area contributed by atoms with E-state index in [0.29, 0.717) is 21.8 Å². The number of halogens is 2. The monoisotopic (exact) mass is 347 g/mol. The SMILES string of the molecule is O=[N+]([O-])/C=C1\CN(O)C(c2ccccc2F)=c2cc(Cl)ccc2=N1. The summed E-state index contributed by atoms with van der Waals surface area (Å²) in [6.07, 6.45) is 0.700. The lowest BCUT2D eigenvalue weighted by atomic mass is 10.1. The lowest BCUT2D eigenvalue weighted by Gasteiger charge is -2.19. The molecule has 0 amide bonds. The summed E-state index contributed by atoms with van der Waals surface area (Å²) in [6.45, 7) is -0.267.